The highest BCUT2D eigenvalue weighted by Crippen LogP contribution is 2.44. The zero-order valence-electron chi connectivity index (χ0n) is 41.9. The number of benzene rings is 3. The lowest BCUT2D eigenvalue weighted by Crippen LogP contribution is -2.57. The number of para-hydroxylation sites is 1. The van der Waals surface area contributed by atoms with E-state index < -0.39 is 53.5 Å². The molecule has 16 nitrogen and oxygen atoms in total. The van der Waals surface area contributed by atoms with E-state index in [1.54, 1.807) is 16.7 Å². The van der Waals surface area contributed by atoms with Crippen LogP contribution in [0.4, 0.5) is 5.69 Å². The fourth-order valence-electron chi connectivity index (χ4n) is 10.0. The van der Waals surface area contributed by atoms with Crippen molar-refractivity contribution in [3.05, 3.63) is 100 Å². The summed E-state index contributed by atoms with van der Waals surface area (Å²) in [4.78, 5) is 87.7. The number of nitrogens with one attached hydrogen (secondary N) is 3. The number of aliphatic hydroxyl groups is 1. The Morgan fingerprint density at radius 2 is 1.62 bits per heavy atom. The van der Waals surface area contributed by atoms with Gasteiger partial charge in [0.2, 0.25) is 35.4 Å². The van der Waals surface area contributed by atoms with Crippen molar-refractivity contribution in [3.8, 4) is 0 Å². The second kappa shape index (κ2) is 22.9. The number of unbranched alkanes of at least 4 members (excludes halogenated alkanes) is 1. The van der Waals surface area contributed by atoms with Crippen LogP contribution >= 0.6 is 11.8 Å². The lowest BCUT2D eigenvalue weighted by atomic mass is 9.85. The first-order chi connectivity index (χ1) is 33.7. The van der Waals surface area contributed by atoms with Gasteiger partial charge in [-0.1, -0.05) is 87.5 Å². The van der Waals surface area contributed by atoms with Crippen molar-refractivity contribution >= 4 is 58.4 Å². The minimum Gasteiger partial charge on any atom is -0.391 e. The molecule has 0 aliphatic carbocycles. The number of hydrogen-bond acceptors (Lipinski definition) is 11. The first kappa shape index (κ1) is 53.2. The molecular weight excluding hydrogens is 921 g/mol. The number of rotatable bonds is 20. The maximum Gasteiger partial charge on any atom is 0.246 e. The van der Waals surface area contributed by atoms with E-state index in [4.69, 9.17) is 16.2 Å². The maximum absolute atomic E-state index is 14.2. The quantitative estimate of drug-likeness (QED) is 0.0858. The molecule has 9 atom stereocenters. The third-order valence-electron chi connectivity index (χ3n) is 14.6. The molecule has 4 heterocycles. The van der Waals surface area contributed by atoms with Crippen molar-refractivity contribution in [2.45, 2.75) is 166 Å². The Balaban J connectivity index is 0.854. The number of β-amino-alcohol motifs (C(OH)–C–C–N with tert-alkyl or cyclic N) is 1. The smallest absolute Gasteiger partial charge is 0.246 e. The topological polar surface area (TPSA) is 239 Å². The number of nitrogens with two attached hydrogens (primary N) is 2. The van der Waals surface area contributed by atoms with Crippen LogP contribution in [0.15, 0.2) is 71.7 Å². The Morgan fingerprint density at radius 3 is 2.30 bits per heavy atom. The van der Waals surface area contributed by atoms with E-state index in [2.05, 4.69) is 46.9 Å². The van der Waals surface area contributed by atoms with Gasteiger partial charge in [-0.05, 0) is 98.1 Å². The van der Waals surface area contributed by atoms with Gasteiger partial charge in [0.05, 0.1) is 59.5 Å². The van der Waals surface area contributed by atoms with Gasteiger partial charge in [0.15, 0.2) is 0 Å². The minimum atomic E-state index is -0.913. The molecule has 0 saturated carbocycles. The molecule has 1 fully saturated rings. The summed E-state index contributed by atoms with van der Waals surface area (Å²) >= 11 is 1.70. The molecule has 71 heavy (non-hydrogen) atoms. The van der Waals surface area contributed by atoms with Crippen molar-refractivity contribution in [2.24, 2.45) is 21.9 Å². The van der Waals surface area contributed by atoms with Crippen LogP contribution in [-0.2, 0) is 64.1 Å². The molecule has 382 valence electrons. The summed E-state index contributed by atoms with van der Waals surface area (Å²) in [5.41, 5.74) is 19.7. The van der Waals surface area contributed by atoms with Crippen LogP contribution in [-0.4, -0.2) is 107 Å². The monoisotopic (exact) mass is 993 g/mol. The molecule has 2 unspecified atom stereocenters. The molecule has 6 amide bonds. The molecule has 4 aliphatic heterocycles. The summed E-state index contributed by atoms with van der Waals surface area (Å²) < 4.78 is 5.90. The number of primary amides is 1. The highest BCUT2D eigenvalue weighted by molar-refractivity contribution is 8.13. The predicted octanol–water partition coefficient (Wildman–Crippen LogP) is 4.65. The van der Waals surface area contributed by atoms with Crippen molar-refractivity contribution in [2.75, 3.05) is 18.1 Å². The predicted molar refractivity (Wildman–Crippen MR) is 275 cm³/mol. The largest absolute Gasteiger partial charge is 0.391 e. The number of likely N-dealkylation sites (tertiary alicyclic amines) is 1. The normalized spacial score (nSPS) is 23.9. The highest BCUT2D eigenvalue weighted by atomic mass is 32.2. The summed E-state index contributed by atoms with van der Waals surface area (Å²) in [6.07, 6.45) is 3.35. The number of hydrogen-bond donors (Lipinski definition) is 6. The van der Waals surface area contributed by atoms with Gasteiger partial charge in [-0.2, -0.15) is 0 Å². The van der Waals surface area contributed by atoms with E-state index in [1.165, 1.54) is 4.90 Å². The van der Waals surface area contributed by atoms with Crippen LogP contribution in [0, 0.1) is 5.41 Å². The standard InChI is InChI=1S/C54H72N8O8S/c1-32(36-18-21-39(22-19-36)54(6)33(2)57-31-71-54)58-49(66)43-27-41(63)28-61(43)52(69)48(53(3,4)5)60-46(65)13-8-7-10-34-14-16-35(17-15-34)29-70-30-40(23-25-45(56)64)59-50(67)44-26-38-12-9-11-37-20-24-42(55)51(68)62(44)47(37)38/h9,11-12,14-19,21-22,31-33,40-44,48,63H,7-8,10,13,20,23-30,55H2,1-6H3,(H2,56,64)(H,58,66)(H,59,67)(H,60,65)/t32-,33?,40-,41+,42-,43-,44-,48+,54?/m0/s1. The average Bonchev–Trinajstić information content (AvgIpc) is 4.02. The number of anilines is 1. The number of ether oxygens (including phenoxy) is 1. The minimum absolute atomic E-state index is 0.00416. The maximum atomic E-state index is 14.2. The van der Waals surface area contributed by atoms with Gasteiger partial charge in [-0.15, -0.1) is 11.8 Å². The van der Waals surface area contributed by atoms with Gasteiger partial charge in [0, 0.05) is 32.2 Å². The van der Waals surface area contributed by atoms with Crippen LogP contribution in [0.2, 0.25) is 0 Å². The Morgan fingerprint density at radius 1 is 0.930 bits per heavy atom. The summed E-state index contributed by atoms with van der Waals surface area (Å²) in [7, 11) is 0. The fourth-order valence-corrected chi connectivity index (χ4v) is 11.0. The van der Waals surface area contributed by atoms with Gasteiger partial charge in [-0.3, -0.25) is 38.7 Å². The summed E-state index contributed by atoms with van der Waals surface area (Å²) in [5, 5.41) is 19.8. The highest BCUT2D eigenvalue weighted by Gasteiger charge is 2.46. The summed E-state index contributed by atoms with van der Waals surface area (Å²) in [6.45, 7) is 12.2. The van der Waals surface area contributed by atoms with Gasteiger partial charge in [0.1, 0.15) is 18.1 Å². The molecule has 0 aromatic heterocycles. The van der Waals surface area contributed by atoms with Crippen LogP contribution < -0.4 is 32.3 Å². The molecule has 0 radical (unpaired) electrons. The third kappa shape index (κ3) is 12.7. The number of carbonyl (C=O) groups is 6. The molecule has 0 spiro atoms. The lowest BCUT2D eigenvalue weighted by molar-refractivity contribution is -0.144. The Hall–Kier alpha value is -5.62. The lowest BCUT2D eigenvalue weighted by Gasteiger charge is -2.35. The van der Waals surface area contributed by atoms with Crippen molar-refractivity contribution in [1.29, 1.82) is 0 Å². The van der Waals surface area contributed by atoms with Crippen LogP contribution in [0.1, 0.15) is 126 Å². The van der Waals surface area contributed by atoms with Gasteiger partial charge >= 0.3 is 0 Å². The number of aryl methyl sites for hydroxylation is 2. The van der Waals surface area contributed by atoms with E-state index in [1.807, 2.05) is 87.8 Å². The fraction of sp³-hybridized carbons (Fsp3) is 0.537. The molecule has 4 aliphatic rings. The molecule has 7 rings (SSSR count). The second-order valence-electron chi connectivity index (χ2n) is 21.0. The molecule has 8 N–H and O–H groups in total. The van der Waals surface area contributed by atoms with Crippen molar-refractivity contribution < 1.29 is 38.6 Å². The third-order valence-corrected chi connectivity index (χ3v) is 15.9. The van der Waals surface area contributed by atoms with Crippen molar-refractivity contribution in [1.82, 2.24) is 20.9 Å². The Kier molecular flexibility index (Phi) is 17.1. The molecule has 0 bridgehead atoms. The van der Waals surface area contributed by atoms with Crippen molar-refractivity contribution in [3.63, 3.8) is 0 Å². The molecular formula is C54H72N8O8S. The molecule has 3 aromatic carbocycles. The number of aliphatic imine (C=N–C) groups is 1. The van der Waals surface area contributed by atoms with Crippen LogP contribution in [0.25, 0.3) is 0 Å². The number of aliphatic hydroxyl groups excluding tert-OH is 1. The Labute approximate surface area is 421 Å². The van der Waals surface area contributed by atoms with E-state index in [0.717, 1.165) is 51.9 Å². The molecule has 17 heteroatoms. The van der Waals surface area contributed by atoms with E-state index >= 15 is 0 Å². The molecule has 1 saturated heterocycles. The Bertz CT molecular complexity index is 2460. The summed E-state index contributed by atoms with van der Waals surface area (Å²) in [6, 6.07) is 18.0. The number of amides is 6. The van der Waals surface area contributed by atoms with Crippen LogP contribution in [0.5, 0.6) is 0 Å². The molecule has 3 aromatic rings. The van der Waals surface area contributed by atoms with Crippen LogP contribution in [0.3, 0.4) is 0 Å². The number of nitrogens with zero attached hydrogens (tertiary/aromatic N) is 3. The van der Waals surface area contributed by atoms with E-state index in [0.29, 0.717) is 25.7 Å². The number of carbonyl (C=O) groups excluding carboxylic acids is 6. The van der Waals surface area contributed by atoms with Gasteiger partial charge in [0.25, 0.3) is 0 Å². The van der Waals surface area contributed by atoms with E-state index in [9.17, 15) is 33.9 Å². The number of thioether (sulfide) groups is 1. The average molecular weight is 993 g/mol. The second-order valence-corrected chi connectivity index (χ2v) is 22.3. The first-order valence-corrected chi connectivity index (χ1v) is 25.9. The SMILES string of the molecule is CC1N=CSC1(C)c1ccc([C@H](C)NC(=O)[C@@H]2C[C@@H](O)CN2C(=O)[C@@H](NC(=O)CCCCc2ccc(COC[C@H](CCC(N)=O)NC(=O)[C@@H]3Cc4cccc5c4N3C(=O)[C@@H](N)CC5)cc2)C(C)(C)C)cc1. The first-order valence-electron chi connectivity index (χ1n) is 25.0. The zero-order chi connectivity index (χ0) is 51.2. The zero-order valence-corrected chi connectivity index (χ0v) is 42.8. The summed E-state index contributed by atoms with van der Waals surface area (Å²) in [5.74, 6) is -2.12. The van der Waals surface area contributed by atoms with Gasteiger partial charge in [-0.25, -0.2) is 0 Å². The van der Waals surface area contributed by atoms with Gasteiger partial charge < -0.3 is 42.2 Å². The van der Waals surface area contributed by atoms with E-state index in [-0.39, 0.29) is 85.9 Å².